The smallest absolute Gasteiger partial charge is 0.164 e. The number of rotatable bonds is 5. The van der Waals surface area contributed by atoms with Crippen molar-refractivity contribution in [2.75, 3.05) is 11.1 Å². The van der Waals surface area contributed by atoms with Crippen LogP contribution < -0.4 is 5.32 Å². The molecule has 0 saturated heterocycles. The number of aromatic nitrogens is 1. The quantitative estimate of drug-likeness (QED) is 0.486. The van der Waals surface area contributed by atoms with E-state index in [0.717, 1.165) is 38.6 Å². The van der Waals surface area contributed by atoms with Gasteiger partial charge >= 0.3 is 0 Å². The van der Waals surface area contributed by atoms with Crippen LogP contribution >= 0.6 is 11.8 Å². The second-order valence-electron chi connectivity index (χ2n) is 5.67. The zero-order chi connectivity index (χ0) is 17.1. The average molecular weight is 336 g/mol. The highest BCUT2D eigenvalue weighted by Gasteiger charge is 2.19. The predicted molar refractivity (Wildman–Crippen MR) is 103 cm³/mol. The molecule has 24 heavy (non-hydrogen) atoms. The van der Waals surface area contributed by atoms with Crippen molar-refractivity contribution in [2.45, 2.75) is 25.8 Å². The van der Waals surface area contributed by atoms with Crippen LogP contribution in [0.25, 0.3) is 10.9 Å². The van der Waals surface area contributed by atoms with Crippen LogP contribution in [0.3, 0.4) is 0 Å². The number of Topliss-reactive ketones (excluding diaryl/α,β-unsaturated/α-hetero) is 1. The first kappa shape index (κ1) is 16.5. The number of hydrogen-bond acceptors (Lipinski definition) is 4. The van der Waals surface area contributed by atoms with Gasteiger partial charge in [0.25, 0.3) is 0 Å². The number of anilines is 2. The number of para-hydroxylation sites is 1. The molecule has 122 valence electrons. The fourth-order valence-corrected chi connectivity index (χ4v) is 3.54. The molecular formula is C20H20N2OS. The largest absolute Gasteiger partial charge is 0.354 e. The van der Waals surface area contributed by atoms with Crippen LogP contribution in [0, 0.1) is 6.92 Å². The maximum atomic E-state index is 12.4. The van der Waals surface area contributed by atoms with Crippen LogP contribution in [0.2, 0.25) is 0 Å². The fourth-order valence-electron chi connectivity index (χ4n) is 2.72. The molecule has 1 heterocycles. The third-order valence-electron chi connectivity index (χ3n) is 3.78. The van der Waals surface area contributed by atoms with Crippen molar-refractivity contribution < 1.29 is 4.79 Å². The second kappa shape index (κ2) is 7.05. The fraction of sp³-hybridized carbons (Fsp3) is 0.200. The molecule has 3 rings (SSSR count). The van der Waals surface area contributed by atoms with Gasteiger partial charge < -0.3 is 5.32 Å². The van der Waals surface area contributed by atoms with Gasteiger partial charge in [0.05, 0.1) is 16.8 Å². The SMILES string of the molecule is CCSc1nc2ccc(C)cc2c(Nc2ccccc2)c1C(C)=O. The zero-order valence-corrected chi connectivity index (χ0v) is 14.9. The number of carbonyl (C=O) groups excluding carboxylic acids is 1. The Morgan fingerprint density at radius 3 is 2.58 bits per heavy atom. The lowest BCUT2D eigenvalue weighted by molar-refractivity contribution is 0.101. The van der Waals surface area contributed by atoms with Gasteiger partial charge in [0.2, 0.25) is 0 Å². The molecule has 0 saturated carbocycles. The molecular weight excluding hydrogens is 316 g/mol. The van der Waals surface area contributed by atoms with E-state index in [1.807, 2.05) is 43.3 Å². The Bertz CT molecular complexity index is 891. The summed E-state index contributed by atoms with van der Waals surface area (Å²) in [5.74, 6) is 0.899. The molecule has 0 spiro atoms. The summed E-state index contributed by atoms with van der Waals surface area (Å²) in [6.07, 6.45) is 0. The Hall–Kier alpha value is -2.33. The van der Waals surface area contributed by atoms with Crippen molar-refractivity contribution in [3.8, 4) is 0 Å². The minimum Gasteiger partial charge on any atom is -0.354 e. The number of aryl methyl sites for hydroxylation is 1. The Morgan fingerprint density at radius 2 is 1.92 bits per heavy atom. The highest BCUT2D eigenvalue weighted by atomic mass is 32.2. The van der Waals surface area contributed by atoms with Crippen molar-refractivity contribution >= 4 is 39.8 Å². The first-order valence-electron chi connectivity index (χ1n) is 8.00. The summed E-state index contributed by atoms with van der Waals surface area (Å²) in [5, 5.41) is 5.22. The highest BCUT2D eigenvalue weighted by molar-refractivity contribution is 7.99. The Morgan fingerprint density at radius 1 is 1.17 bits per heavy atom. The normalized spacial score (nSPS) is 10.8. The lowest BCUT2D eigenvalue weighted by Crippen LogP contribution is -2.06. The first-order chi connectivity index (χ1) is 11.6. The highest BCUT2D eigenvalue weighted by Crippen LogP contribution is 2.36. The van der Waals surface area contributed by atoms with E-state index in [-0.39, 0.29) is 5.78 Å². The van der Waals surface area contributed by atoms with Gasteiger partial charge in [0.15, 0.2) is 5.78 Å². The summed E-state index contributed by atoms with van der Waals surface area (Å²) < 4.78 is 0. The van der Waals surface area contributed by atoms with Crippen molar-refractivity contribution in [2.24, 2.45) is 0 Å². The molecule has 0 aliphatic rings. The number of thioether (sulfide) groups is 1. The molecule has 0 amide bonds. The van der Waals surface area contributed by atoms with E-state index in [0.29, 0.717) is 5.56 Å². The molecule has 2 aromatic carbocycles. The summed E-state index contributed by atoms with van der Waals surface area (Å²) in [7, 11) is 0. The summed E-state index contributed by atoms with van der Waals surface area (Å²) in [6, 6.07) is 16.1. The van der Waals surface area contributed by atoms with Crippen LogP contribution in [-0.2, 0) is 0 Å². The Kier molecular flexibility index (Phi) is 4.86. The van der Waals surface area contributed by atoms with Crippen molar-refractivity contribution in [1.29, 1.82) is 0 Å². The van der Waals surface area contributed by atoms with Crippen LogP contribution in [0.15, 0.2) is 53.6 Å². The first-order valence-corrected chi connectivity index (χ1v) is 8.99. The van der Waals surface area contributed by atoms with Crippen LogP contribution in [0.5, 0.6) is 0 Å². The number of nitrogens with one attached hydrogen (secondary N) is 1. The molecule has 1 aromatic heterocycles. The number of pyridine rings is 1. The van der Waals surface area contributed by atoms with Crippen LogP contribution in [0.4, 0.5) is 11.4 Å². The van der Waals surface area contributed by atoms with Gasteiger partial charge in [0, 0.05) is 11.1 Å². The van der Waals surface area contributed by atoms with E-state index >= 15 is 0 Å². The minimum atomic E-state index is 0.0280. The average Bonchev–Trinajstić information content (AvgIpc) is 2.56. The number of ketones is 1. The second-order valence-corrected chi connectivity index (χ2v) is 6.92. The van der Waals surface area contributed by atoms with Gasteiger partial charge in [0.1, 0.15) is 5.03 Å². The molecule has 1 N–H and O–H groups in total. The standard InChI is InChI=1S/C20H20N2OS/c1-4-24-20-18(14(3)23)19(21-15-8-6-5-7-9-15)16-12-13(2)10-11-17(16)22-20/h5-12H,4H2,1-3H3,(H,21,22). The van der Waals surface area contributed by atoms with Crippen molar-refractivity contribution in [3.63, 3.8) is 0 Å². The maximum absolute atomic E-state index is 12.4. The van der Waals surface area contributed by atoms with E-state index < -0.39 is 0 Å². The Labute approximate surface area is 146 Å². The van der Waals surface area contributed by atoms with Gasteiger partial charge in [-0.05, 0) is 43.9 Å². The molecule has 4 heteroatoms. The molecule has 0 atom stereocenters. The minimum absolute atomic E-state index is 0.0280. The molecule has 0 aliphatic heterocycles. The van der Waals surface area contributed by atoms with Gasteiger partial charge in [-0.1, -0.05) is 36.8 Å². The molecule has 0 radical (unpaired) electrons. The lowest BCUT2D eigenvalue weighted by atomic mass is 10.0. The molecule has 0 bridgehead atoms. The van der Waals surface area contributed by atoms with E-state index in [2.05, 4.69) is 24.4 Å². The Balaban J connectivity index is 2.30. The summed E-state index contributed by atoms with van der Waals surface area (Å²) in [4.78, 5) is 17.1. The lowest BCUT2D eigenvalue weighted by Gasteiger charge is -2.17. The number of benzene rings is 2. The van der Waals surface area contributed by atoms with E-state index in [1.165, 1.54) is 0 Å². The van der Waals surface area contributed by atoms with Crippen LogP contribution in [0.1, 0.15) is 29.8 Å². The summed E-state index contributed by atoms with van der Waals surface area (Å²) in [5.41, 5.74) is 4.52. The molecule has 0 unspecified atom stereocenters. The summed E-state index contributed by atoms with van der Waals surface area (Å²) in [6.45, 7) is 5.72. The monoisotopic (exact) mass is 336 g/mol. The third-order valence-corrected chi connectivity index (χ3v) is 4.64. The molecule has 3 nitrogen and oxygen atoms in total. The van der Waals surface area contributed by atoms with E-state index in [1.54, 1.807) is 18.7 Å². The molecule has 3 aromatic rings. The van der Waals surface area contributed by atoms with Gasteiger partial charge in [-0.3, -0.25) is 4.79 Å². The number of nitrogens with zero attached hydrogens (tertiary/aromatic N) is 1. The zero-order valence-electron chi connectivity index (χ0n) is 14.1. The summed E-state index contributed by atoms with van der Waals surface area (Å²) >= 11 is 1.60. The predicted octanol–water partition coefficient (Wildman–Crippen LogP) is 5.60. The number of hydrogen-bond donors (Lipinski definition) is 1. The van der Waals surface area contributed by atoms with Crippen LogP contribution in [-0.4, -0.2) is 16.5 Å². The topological polar surface area (TPSA) is 42.0 Å². The van der Waals surface area contributed by atoms with E-state index in [4.69, 9.17) is 4.98 Å². The van der Waals surface area contributed by atoms with Gasteiger partial charge in [-0.25, -0.2) is 4.98 Å². The van der Waals surface area contributed by atoms with Gasteiger partial charge in [-0.2, -0.15) is 0 Å². The number of carbonyl (C=O) groups is 1. The third kappa shape index (κ3) is 3.29. The number of fused-ring (bicyclic) bond motifs is 1. The molecule has 0 aliphatic carbocycles. The van der Waals surface area contributed by atoms with Gasteiger partial charge in [-0.15, -0.1) is 11.8 Å². The van der Waals surface area contributed by atoms with Crippen molar-refractivity contribution in [3.05, 3.63) is 59.7 Å². The molecule has 0 fully saturated rings. The maximum Gasteiger partial charge on any atom is 0.164 e. The van der Waals surface area contributed by atoms with E-state index in [9.17, 15) is 4.79 Å². The van der Waals surface area contributed by atoms with Crippen molar-refractivity contribution in [1.82, 2.24) is 4.98 Å².